The third-order valence-corrected chi connectivity index (χ3v) is 3.45. The van der Waals surface area contributed by atoms with E-state index >= 15 is 0 Å². The summed E-state index contributed by atoms with van der Waals surface area (Å²) in [4.78, 5) is 13.3. The van der Waals surface area contributed by atoms with Crippen LogP contribution < -0.4 is 0 Å². The molecule has 1 fully saturated rings. The van der Waals surface area contributed by atoms with Crippen molar-refractivity contribution in [3.63, 3.8) is 0 Å². The zero-order valence-electron chi connectivity index (χ0n) is 9.91. The van der Waals surface area contributed by atoms with Gasteiger partial charge in [0.2, 0.25) is 0 Å². The van der Waals surface area contributed by atoms with E-state index in [0.717, 1.165) is 25.9 Å². The summed E-state index contributed by atoms with van der Waals surface area (Å²) in [6.07, 6.45) is 5.79. The van der Waals surface area contributed by atoms with Gasteiger partial charge in [0.15, 0.2) is 0 Å². The average molecular weight is 213 g/mol. The maximum atomic E-state index is 11.1. The van der Waals surface area contributed by atoms with Crippen LogP contribution in [0.1, 0.15) is 39.0 Å². The summed E-state index contributed by atoms with van der Waals surface area (Å²) in [5.41, 5.74) is 0. The first-order chi connectivity index (χ1) is 7.15. The molecule has 0 aromatic carbocycles. The van der Waals surface area contributed by atoms with Crippen molar-refractivity contribution in [2.75, 3.05) is 20.1 Å². The number of piperidine rings is 1. The Morgan fingerprint density at radius 1 is 1.47 bits per heavy atom. The first-order valence-electron chi connectivity index (χ1n) is 6.06. The summed E-state index contributed by atoms with van der Waals surface area (Å²) < 4.78 is 0. The van der Waals surface area contributed by atoms with E-state index in [0.29, 0.717) is 5.92 Å². The lowest BCUT2D eigenvalue weighted by Crippen LogP contribution is -2.41. The number of hydrogen-bond acceptors (Lipinski definition) is 2. The smallest absolute Gasteiger partial charge is 0.308 e. The SMILES string of the molecule is CCCCCC1CCN(C)CC1C(=O)O. The van der Waals surface area contributed by atoms with E-state index in [2.05, 4.69) is 11.8 Å². The Morgan fingerprint density at radius 3 is 2.80 bits per heavy atom. The van der Waals surface area contributed by atoms with Gasteiger partial charge in [0.25, 0.3) is 0 Å². The molecule has 15 heavy (non-hydrogen) atoms. The molecule has 1 saturated heterocycles. The predicted molar refractivity (Wildman–Crippen MR) is 60.9 cm³/mol. The lowest BCUT2D eigenvalue weighted by atomic mass is 9.82. The number of hydrogen-bond donors (Lipinski definition) is 1. The molecule has 2 unspecified atom stereocenters. The molecule has 1 aliphatic heterocycles. The van der Waals surface area contributed by atoms with Crippen molar-refractivity contribution in [3.8, 4) is 0 Å². The third-order valence-electron chi connectivity index (χ3n) is 3.45. The predicted octanol–water partition coefficient (Wildman–Crippen LogP) is 2.22. The Kier molecular flexibility index (Phi) is 5.09. The summed E-state index contributed by atoms with van der Waals surface area (Å²) in [7, 11) is 2.01. The van der Waals surface area contributed by atoms with Crippen molar-refractivity contribution in [1.82, 2.24) is 4.90 Å². The molecule has 2 atom stereocenters. The van der Waals surface area contributed by atoms with Gasteiger partial charge in [-0.05, 0) is 32.4 Å². The molecule has 1 rings (SSSR count). The van der Waals surface area contributed by atoms with Crippen LogP contribution >= 0.6 is 0 Å². The zero-order valence-corrected chi connectivity index (χ0v) is 9.91. The van der Waals surface area contributed by atoms with E-state index in [-0.39, 0.29) is 5.92 Å². The Hall–Kier alpha value is -0.570. The molecule has 88 valence electrons. The molecule has 0 aromatic heterocycles. The first kappa shape index (κ1) is 12.5. The van der Waals surface area contributed by atoms with E-state index in [1.165, 1.54) is 19.3 Å². The van der Waals surface area contributed by atoms with Crippen molar-refractivity contribution < 1.29 is 9.90 Å². The van der Waals surface area contributed by atoms with Crippen molar-refractivity contribution in [1.29, 1.82) is 0 Å². The molecule has 0 aromatic rings. The summed E-state index contributed by atoms with van der Waals surface area (Å²) in [5.74, 6) is -0.339. The Morgan fingerprint density at radius 2 is 2.20 bits per heavy atom. The molecule has 0 bridgehead atoms. The molecular formula is C12H23NO2. The fourth-order valence-electron chi connectivity index (χ4n) is 2.45. The Balaban J connectivity index is 2.42. The molecule has 3 nitrogen and oxygen atoms in total. The third kappa shape index (κ3) is 3.82. The van der Waals surface area contributed by atoms with Gasteiger partial charge in [-0.15, -0.1) is 0 Å². The Bertz CT molecular complexity index is 206. The monoisotopic (exact) mass is 213 g/mol. The lowest BCUT2D eigenvalue weighted by molar-refractivity contribution is -0.146. The van der Waals surface area contributed by atoms with Crippen LogP contribution in [0.3, 0.4) is 0 Å². The molecule has 0 aliphatic carbocycles. The van der Waals surface area contributed by atoms with Crippen LogP contribution in [0.2, 0.25) is 0 Å². The minimum atomic E-state index is -0.608. The number of likely N-dealkylation sites (tertiary alicyclic amines) is 1. The van der Waals surface area contributed by atoms with E-state index in [4.69, 9.17) is 5.11 Å². The highest BCUT2D eigenvalue weighted by Crippen LogP contribution is 2.27. The fraction of sp³-hybridized carbons (Fsp3) is 0.917. The highest BCUT2D eigenvalue weighted by Gasteiger charge is 2.32. The van der Waals surface area contributed by atoms with Gasteiger partial charge in [-0.25, -0.2) is 0 Å². The van der Waals surface area contributed by atoms with Gasteiger partial charge in [0.05, 0.1) is 5.92 Å². The van der Waals surface area contributed by atoms with Gasteiger partial charge in [0.1, 0.15) is 0 Å². The van der Waals surface area contributed by atoms with Crippen molar-refractivity contribution in [2.45, 2.75) is 39.0 Å². The molecule has 3 heteroatoms. The second kappa shape index (κ2) is 6.11. The van der Waals surface area contributed by atoms with Crippen LogP contribution in [0.4, 0.5) is 0 Å². The van der Waals surface area contributed by atoms with Crippen LogP contribution in [0, 0.1) is 11.8 Å². The van der Waals surface area contributed by atoms with Gasteiger partial charge < -0.3 is 10.0 Å². The highest BCUT2D eigenvalue weighted by molar-refractivity contribution is 5.70. The zero-order chi connectivity index (χ0) is 11.3. The Labute approximate surface area is 92.5 Å². The van der Waals surface area contributed by atoms with Gasteiger partial charge in [-0.1, -0.05) is 26.2 Å². The van der Waals surface area contributed by atoms with Crippen LogP contribution in [0.15, 0.2) is 0 Å². The second-order valence-corrected chi connectivity index (χ2v) is 4.75. The minimum Gasteiger partial charge on any atom is -0.481 e. The van der Waals surface area contributed by atoms with Crippen molar-refractivity contribution in [2.24, 2.45) is 11.8 Å². The van der Waals surface area contributed by atoms with Crippen molar-refractivity contribution >= 4 is 5.97 Å². The minimum absolute atomic E-state index is 0.138. The number of aliphatic carboxylic acids is 1. The van der Waals surface area contributed by atoms with E-state index in [1.807, 2.05) is 7.05 Å². The molecular weight excluding hydrogens is 190 g/mol. The largest absolute Gasteiger partial charge is 0.481 e. The lowest BCUT2D eigenvalue weighted by Gasteiger charge is -2.34. The number of nitrogens with zero attached hydrogens (tertiary/aromatic N) is 1. The molecule has 0 amide bonds. The summed E-state index contributed by atoms with van der Waals surface area (Å²) in [5, 5.41) is 9.16. The number of unbranched alkanes of at least 4 members (excludes halogenated alkanes) is 2. The van der Waals surface area contributed by atoms with Crippen LogP contribution in [-0.4, -0.2) is 36.1 Å². The topological polar surface area (TPSA) is 40.5 Å². The summed E-state index contributed by atoms with van der Waals surface area (Å²) in [6.45, 7) is 3.97. The fourth-order valence-corrected chi connectivity index (χ4v) is 2.45. The van der Waals surface area contributed by atoms with E-state index < -0.39 is 5.97 Å². The van der Waals surface area contributed by atoms with Gasteiger partial charge in [-0.3, -0.25) is 4.79 Å². The number of rotatable bonds is 5. The normalized spacial score (nSPS) is 27.9. The highest BCUT2D eigenvalue weighted by atomic mass is 16.4. The maximum absolute atomic E-state index is 11.1. The second-order valence-electron chi connectivity index (χ2n) is 4.75. The summed E-state index contributed by atoms with van der Waals surface area (Å²) in [6, 6.07) is 0. The molecule has 0 spiro atoms. The average Bonchev–Trinajstić information content (AvgIpc) is 2.20. The first-order valence-corrected chi connectivity index (χ1v) is 6.06. The van der Waals surface area contributed by atoms with Crippen molar-refractivity contribution in [3.05, 3.63) is 0 Å². The quantitative estimate of drug-likeness (QED) is 0.712. The van der Waals surface area contributed by atoms with Crippen LogP contribution in [-0.2, 0) is 4.79 Å². The van der Waals surface area contributed by atoms with E-state index in [9.17, 15) is 4.79 Å². The van der Waals surface area contributed by atoms with Gasteiger partial charge in [-0.2, -0.15) is 0 Å². The molecule has 0 radical (unpaired) electrons. The molecule has 1 N–H and O–H groups in total. The standard InChI is InChI=1S/C12H23NO2/c1-3-4-5-6-10-7-8-13(2)9-11(10)12(14)15/h10-11H,3-9H2,1-2H3,(H,14,15). The number of carboxylic acid groups (broad SMARTS) is 1. The van der Waals surface area contributed by atoms with Gasteiger partial charge >= 0.3 is 5.97 Å². The van der Waals surface area contributed by atoms with Gasteiger partial charge in [0, 0.05) is 6.54 Å². The molecule has 1 heterocycles. The molecule has 1 aliphatic rings. The number of carboxylic acids is 1. The maximum Gasteiger partial charge on any atom is 0.308 e. The number of carbonyl (C=O) groups is 1. The molecule has 0 saturated carbocycles. The van der Waals surface area contributed by atoms with Crippen LogP contribution in [0.25, 0.3) is 0 Å². The van der Waals surface area contributed by atoms with E-state index in [1.54, 1.807) is 0 Å². The summed E-state index contributed by atoms with van der Waals surface area (Å²) >= 11 is 0. The van der Waals surface area contributed by atoms with Crippen LogP contribution in [0.5, 0.6) is 0 Å².